The average molecular weight is 325 g/mol. The summed E-state index contributed by atoms with van der Waals surface area (Å²) in [5.41, 5.74) is 2.71. The molecule has 0 aliphatic carbocycles. The van der Waals surface area contributed by atoms with E-state index >= 15 is 0 Å². The molecule has 0 aromatic heterocycles. The minimum absolute atomic E-state index is 0.147. The summed E-state index contributed by atoms with van der Waals surface area (Å²) in [6, 6.07) is 12.1. The Labute approximate surface area is 140 Å². The number of fused-ring (bicyclic) bond motifs is 1. The van der Waals surface area contributed by atoms with E-state index in [2.05, 4.69) is 5.32 Å². The zero-order valence-electron chi connectivity index (χ0n) is 13.7. The van der Waals surface area contributed by atoms with Gasteiger partial charge in [0.05, 0.1) is 12.2 Å². The van der Waals surface area contributed by atoms with Gasteiger partial charge in [-0.2, -0.15) is 0 Å². The number of benzene rings is 2. The standard InChI is InChI=1S/C19H19NO4/c1-3-23-19(22)13-4-7-16(8-5-13)20-18(21)14-6-9-17-15(11-14)10-12(2)24-17/h4-9,11-12H,3,10H2,1-2H3,(H,20,21). The second-order valence-electron chi connectivity index (χ2n) is 5.71. The molecule has 0 bridgehead atoms. The number of hydrogen-bond donors (Lipinski definition) is 1. The molecule has 0 saturated carbocycles. The Kier molecular flexibility index (Phi) is 4.51. The Bertz CT molecular complexity index is 767. The van der Waals surface area contributed by atoms with Gasteiger partial charge >= 0.3 is 5.97 Å². The Hall–Kier alpha value is -2.82. The van der Waals surface area contributed by atoms with Gasteiger partial charge in [0.1, 0.15) is 11.9 Å². The van der Waals surface area contributed by atoms with E-state index in [1.165, 1.54) is 0 Å². The van der Waals surface area contributed by atoms with Crippen molar-refractivity contribution < 1.29 is 19.1 Å². The Balaban J connectivity index is 1.69. The van der Waals surface area contributed by atoms with Crippen molar-refractivity contribution in [2.24, 2.45) is 0 Å². The molecule has 3 rings (SSSR count). The quantitative estimate of drug-likeness (QED) is 0.875. The Morgan fingerprint density at radius 1 is 1.17 bits per heavy atom. The van der Waals surface area contributed by atoms with Crippen LogP contribution in [0.4, 0.5) is 5.69 Å². The summed E-state index contributed by atoms with van der Waals surface area (Å²) in [7, 11) is 0. The van der Waals surface area contributed by atoms with Gasteiger partial charge in [0.2, 0.25) is 0 Å². The molecule has 2 aromatic rings. The molecule has 1 N–H and O–H groups in total. The average Bonchev–Trinajstić information content (AvgIpc) is 2.94. The second-order valence-corrected chi connectivity index (χ2v) is 5.71. The number of carbonyl (C=O) groups is 2. The molecular formula is C19H19NO4. The predicted molar refractivity (Wildman–Crippen MR) is 90.6 cm³/mol. The van der Waals surface area contributed by atoms with E-state index < -0.39 is 0 Å². The molecule has 1 amide bonds. The van der Waals surface area contributed by atoms with Crippen molar-refractivity contribution in [3.8, 4) is 5.75 Å². The molecule has 0 radical (unpaired) electrons. The first-order valence-electron chi connectivity index (χ1n) is 7.95. The van der Waals surface area contributed by atoms with Gasteiger partial charge in [-0.25, -0.2) is 4.79 Å². The lowest BCUT2D eigenvalue weighted by Crippen LogP contribution is -2.12. The van der Waals surface area contributed by atoms with Crippen LogP contribution in [-0.4, -0.2) is 24.6 Å². The van der Waals surface area contributed by atoms with Crippen LogP contribution < -0.4 is 10.1 Å². The highest BCUT2D eigenvalue weighted by Gasteiger charge is 2.20. The number of anilines is 1. The Morgan fingerprint density at radius 2 is 1.88 bits per heavy atom. The molecule has 5 heteroatoms. The van der Waals surface area contributed by atoms with E-state index in [9.17, 15) is 9.59 Å². The van der Waals surface area contributed by atoms with Crippen LogP contribution in [0.5, 0.6) is 5.75 Å². The summed E-state index contributed by atoms with van der Waals surface area (Å²) in [5.74, 6) is 0.280. The monoisotopic (exact) mass is 325 g/mol. The summed E-state index contributed by atoms with van der Waals surface area (Å²) in [6.45, 7) is 4.09. The third-order valence-electron chi connectivity index (χ3n) is 3.81. The van der Waals surface area contributed by atoms with E-state index in [0.717, 1.165) is 17.7 Å². The van der Waals surface area contributed by atoms with Crippen LogP contribution >= 0.6 is 0 Å². The minimum Gasteiger partial charge on any atom is -0.490 e. The highest BCUT2D eigenvalue weighted by Crippen LogP contribution is 2.29. The predicted octanol–water partition coefficient (Wildman–Crippen LogP) is 3.44. The molecule has 1 atom stereocenters. The van der Waals surface area contributed by atoms with Gasteiger partial charge in [-0.3, -0.25) is 4.79 Å². The fraction of sp³-hybridized carbons (Fsp3) is 0.263. The maximum atomic E-state index is 12.4. The van der Waals surface area contributed by atoms with E-state index in [-0.39, 0.29) is 18.0 Å². The van der Waals surface area contributed by atoms with E-state index in [1.807, 2.05) is 19.1 Å². The fourth-order valence-corrected chi connectivity index (χ4v) is 2.67. The molecule has 1 unspecified atom stereocenters. The van der Waals surface area contributed by atoms with Crippen LogP contribution in [0.2, 0.25) is 0 Å². The van der Waals surface area contributed by atoms with Gasteiger partial charge < -0.3 is 14.8 Å². The van der Waals surface area contributed by atoms with Crippen molar-refractivity contribution in [3.63, 3.8) is 0 Å². The zero-order chi connectivity index (χ0) is 17.1. The van der Waals surface area contributed by atoms with Crippen molar-refractivity contribution in [3.05, 3.63) is 59.2 Å². The maximum absolute atomic E-state index is 12.4. The minimum atomic E-state index is -0.372. The van der Waals surface area contributed by atoms with E-state index in [4.69, 9.17) is 9.47 Å². The molecule has 124 valence electrons. The van der Waals surface area contributed by atoms with Gasteiger partial charge in [0, 0.05) is 17.7 Å². The number of nitrogens with one attached hydrogen (secondary N) is 1. The highest BCUT2D eigenvalue weighted by molar-refractivity contribution is 6.04. The molecule has 5 nitrogen and oxygen atoms in total. The van der Waals surface area contributed by atoms with Crippen LogP contribution in [0, 0.1) is 0 Å². The summed E-state index contributed by atoms with van der Waals surface area (Å²) >= 11 is 0. The van der Waals surface area contributed by atoms with Gasteiger partial charge in [0.25, 0.3) is 5.91 Å². The van der Waals surface area contributed by atoms with Crippen LogP contribution in [-0.2, 0) is 11.2 Å². The van der Waals surface area contributed by atoms with Gasteiger partial charge in [-0.05, 0) is 61.9 Å². The molecular weight excluding hydrogens is 306 g/mol. The number of amides is 1. The molecule has 1 aliphatic rings. The third-order valence-corrected chi connectivity index (χ3v) is 3.81. The second kappa shape index (κ2) is 6.74. The molecule has 24 heavy (non-hydrogen) atoms. The number of rotatable bonds is 4. The smallest absolute Gasteiger partial charge is 0.338 e. The molecule has 0 spiro atoms. The zero-order valence-corrected chi connectivity index (χ0v) is 13.7. The van der Waals surface area contributed by atoms with E-state index in [1.54, 1.807) is 37.3 Å². The van der Waals surface area contributed by atoms with E-state index in [0.29, 0.717) is 23.4 Å². The van der Waals surface area contributed by atoms with Crippen molar-refractivity contribution >= 4 is 17.6 Å². The van der Waals surface area contributed by atoms with Crippen LogP contribution in [0.3, 0.4) is 0 Å². The van der Waals surface area contributed by atoms with Crippen LogP contribution in [0.1, 0.15) is 40.1 Å². The topological polar surface area (TPSA) is 64.6 Å². The lowest BCUT2D eigenvalue weighted by atomic mass is 10.1. The summed E-state index contributed by atoms with van der Waals surface area (Å²) < 4.78 is 10.6. The largest absolute Gasteiger partial charge is 0.490 e. The van der Waals surface area contributed by atoms with Gasteiger partial charge in [-0.15, -0.1) is 0 Å². The third kappa shape index (κ3) is 3.40. The maximum Gasteiger partial charge on any atom is 0.338 e. The lowest BCUT2D eigenvalue weighted by Gasteiger charge is -2.07. The first-order chi connectivity index (χ1) is 11.6. The summed E-state index contributed by atoms with van der Waals surface area (Å²) in [6.07, 6.45) is 0.957. The lowest BCUT2D eigenvalue weighted by molar-refractivity contribution is 0.0526. The summed E-state index contributed by atoms with van der Waals surface area (Å²) in [4.78, 5) is 24.0. The first kappa shape index (κ1) is 16.1. The molecule has 1 heterocycles. The number of esters is 1. The Morgan fingerprint density at radius 3 is 2.58 bits per heavy atom. The fourth-order valence-electron chi connectivity index (χ4n) is 2.67. The summed E-state index contributed by atoms with van der Waals surface area (Å²) in [5, 5.41) is 2.83. The van der Waals surface area contributed by atoms with Crippen molar-refractivity contribution in [2.45, 2.75) is 26.4 Å². The van der Waals surface area contributed by atoms with Crippen LogP contribution in [0.25, 0.3) is 0 Å². The molecule has 1 aliphatic heterocycles. The molecule has 0 saturated heterocycles. The molecule has 2 aromatic carbocycles. The normalized spacial score (nSPS) is 15.3. The van der Waals surface area contributed by atoms with Gasteiger partial charge in [-0.1, -0.05) is 0 Å². The van der Waals surface area contributed by atoms with Crippen LogP contribution in [0.15, 0.2) is 42.5 Å². The van der Waals surface area contributed by atoms with Crippen molar-refractivity contribution in [2.75, 3.05) is 11.9 Å². The highest BCUT2D eigenvalue weighted by atomic mass is 16.5. The van der Waals surface area contributed by atoms with Crippen molar-refractivity contribution in [1.82, 2.24) is 0 Å². The molecule has 0 fully saturated rings. The number of hydrogen-bond acceptors (Lipinski definition) is 4. The number of ether oxygens (including phenoxy) is 2. The van der Waals surface area contributed by atoms with Gasteiger partial charge in [0.15, 0.2) is 0 Å². The first-order valence-corrected chi connectivity index (χ1v) is 7.95. The number of carbonyl (C=O) groups excluding carboxylic acids is 2. The van der Waals surface area contributed by atoms with Crippen molar-refractivity contribution in [1.29, 1.82) is 0 Å². The SMILES string of the molecule is CCOC(=O)c1ccc(NC(=O)c2ccc3c(c2)CC(C)O3)cc1.